The zero-order valence-corrected chi connectivity index (χ0v) is 25.4. The third kappa shape index (κ3) is 5.19. The summed E-state index contributed by atoms with van der Waals surface area (Å²) in [5, 5.41) is 4.88. The van der Waals surface area contributed by atoms with Gasteiger partial charge in [0.1, 0.15) is 6.54 Å². The van der Waals surface area contributed by atoms with E-state index in [1.807, 2.05) is 0 Å². The number of nitrogens with one attached hydrogen (secondary N) is 1. The number of quaternary nitrogens is 1. The van der Waals surface area contributed by atoms with Gasteiger partial charge in [-0.2, -0.15) is 0 Å². The Morgan fingerprint density at radius 3 is 1.62 bits per heavy atom. The van der Waals surface area contributed by atoms with E-state index < -0.39 is 0 Å². The van der Waals surface area contributed by atoms with Crippen LogP contribution < -0.4 is 23.8 Å². The minimum absolute atomic E-state index is 0.285. The maximum Gasteiger partial charge on any atom is 0.161 e. The Hall–Kier alpha value is -3.44. The molecule has 2 heterocycles. The highest BCUT2D eigenvalue weighted by molar-refractivity contribution is 6.12. The highest BCUT2D eigenvalue weighted by Gasteiger charge is 2.36. The van der Waals surface area contributed by atoms with Crippen molar-refractivity contribution in [3.05, 3.63) is 70.8 Å². The molecule has 2 aliphatic heterocycles. The molecule has 1 fully saturated rings. The van der Waals surface area contributed by atoms with Crippen LogP contribution in [0.3, 0.4) is 0 Å². The quantitative estimate of drug-likeness (QED) is 0.302. The summed E-state index contributed by atoms with van der Waals surface area (Å²) in [4.78, 5) is 1.72. The Labute approximate surface area is 239 Å². The molecule has 0 saturated carbocycles. The highest BCUT2D eigenvalue weighted by atomic mass is 16.5. The predicted octanol–water partition coefficient (Wildman–Crippen LogP) is 6.42. The van der Waals surface area contributed by atoms with Crippen LogP contribution in [-0.4, -0.2) is 41.0 Å². The van der Waals surface area contributed by atoms with E-state index in [1.54, 1.807) is 33.3 Å². The standard InChI is InChI=1S/C24H27NO4.C11H16/c1-26-21-9-16-15-8-14-6-5-7-25(14)13-20(15)19-12-24(29-4)23(28-3)11-18(19)17(16)10-22(21)27-2;1-9-5-7-10(8-6-9)11(2,3)4/h9-12,14H,5-8,13H2,1-4H3;5-8H,1-4H3/p+1. The van der Waals surface area contributed by atoms with Crippen LogP contribution in [0.5, 0.6) is 23.0 Å². The van der Waals surface area contributed by atoms with Crippen molar-refractivity contribution < 1.29 is 23.8 Å². The van der Waals surface area contributed by atoms with Crippen molar-refractivity contribution in [2.45, 2.75) is 65.0 Å². The van der Waals surface area contributed by atoms with Gasteiger partial charge < -0.3 is 23.8 Å². The molecule has 5 nitrogen and oxygen atoms in total. The Bertz CT molecular complexity index is 1430. The van der Waals surface area contributed by atoms with Crippen molar-refractivity contribution in [3.63, 3.8) is 0 Å². The van der Waals surface area contributed by atoms with E-state index in [4.69, 9.17) is 18.9 Å². The van der Waals surface area contributed by atoms with E-state index in [0.717, 1.165) is 42.0 Å². The molecule has 0 amide bonds. The summed E-state index contributed by atoms with van der Waals surface area (Å²) >= 11 is 0. The van der Waals surface area contributed by atoms with E-state index in [1.165, 1.54) is 63.2 Å². The molecule has 2 aliphatic rings. The summed E-state index contributed by atoms with van der Waals surface area (Å²) in [6.07, 6.45) is 3.74. The Morgan fingerprint density at radius 2 is 1.15 bits per heavy atom. The third-order valence-corrected chi connectivity index (χ3v) is 8.75. The number of aryl methyl sites for hydroxylation is 1. The molecule has 2 atom stereocenters. The molecule has 0 spiro atoms. The van der Waals surface area contributed by atoms with Crippen LogP contribution >= 0.6 is 0 Å². The predicted molar refractivity (Wildman–Crippen MR) is 164 cm³/mol. The lowest BCUT2D eigenvalue weighted by Crippen LogP contribution is -3.13. The number of fused-ring (bicyclic) bond motifs is 7. The Kier molecular flexibility index (Phi) is 7.87. The zero-order valence-electron chi connectivity index (χ0n) is 25.4. The SMILES string of the molecule is COc1cc2c3c(c4cc(OC)c(OC)cc4c2cc1OC)C[NH+]1CCCC1C3.Cc1ccc(C(C)(C)C)cc1. The summed E-state index contributed by atoms with van der Waals surface area (Å²) in [7, 11) is 6.78. The first kappa shape index (κ1) is 28.1. The van der Waals surface area contributed by atoms with Gasteiger partial charge in [-0.15, -0.1) is 0 Å². The Morgan fingerprint density at radius 1 is 0.675 bits per heavy atom. The second kappa shape index (κ2) is 11.2. The van der Waals surface area contributed by atoms with E-state index in [0.29, 0.717) is 0 Å². The van der Waals surface area contributed by atoms with Gasteiger partial charge in [-0.25, -0.2) is 0 Å². The van der Waals surface area contributed by atoms with E-state index in [2.05, 4.69) is 76.2 Å². The molecular weight excluding hydrogens is 498 g/mol. The van der Waals surface area contributed by atoms with Gasteiger partial charge in [-0.05, 0) is 69.3 Å². The fourth-order valence-corrected chi connectivity index (χ4v) is 6.45. The molecule has 0 radical (unpaired) electrons. The summed E-state index contributed by atoms with van der Waals surface area (Å²) in [5.41, 5.74) is 5.92. The second-order valence-corrected chi connectivity index (χ2v) is 12.2. The lowest BCUT2D eigenvalue weighted by atomic mass is 9.85. The van der Waals surface area contributed by atoms with Gasteiger partial charge in [-0.1, -0.05) is 50.6 Å². The number of benzene rings is 4. The van der Waals surface area contributed by atoms with Crippen LogP contribution in [0.1, 0.15) is 55.9 Å². The maximum atomic E-state index is 5.64. The maximum absolute atomic E-state index is 5.64. The molecule has 6 rings (SSSR count). The van der Waals surface area contributed by atoms with Crippen molar-refractivity contribution in [2.24, 2.45) is 0 Å². The van der Waals surface area contributed by atoms with Crippen LogP contribution in [0.15, 0.2) is 48.5 Å². The first-order valence-electron chi connectivity index (χ1n) is 14.3. The molecule has 0 aromatic heterocycles. The van der Waals surface area contributed by atoms with Crippen LogP contribution in [0, 0.1) is 6.92 Å². The number of rotatable bonds is 4. The van der Waals surface area contributed by atoms with Crippen molar-refractivity contribution in [1.29, 1.82) is 0 Å². The fourth-order valence-electron chi connectivity index (χ4n) is 6.45. The Balaban J connectivity index is 0.000000248. The first-order chi connectivity index (χ1) is 19.2. The smallest absolute Gasteiger partial charge is 0.161 e. The van der Waals surface area contributed by atoms with Gasteiger partial charge >= 0.3 is 0 Å². The number of hydrogen-bond donors (Lipinski definition) is 1. The molecule has 40 heavy (non-hydrogen) atoms. The highest BCUT2D eigenvalue weighted by Crippen LogP contribution is 2.44. The van der Waals surface area contributed by atoms with Crippen LogP contribution in [0.4, 0.5) is 0 Å². The van der Waals surface area contributed by atoms with Gasteiger partial charge in [0.15, 0.2) is 23.0 Å². The lowest BCUT2D eigenvalue weighted by Gasteiger charge is -2.31. The van der Waals surface area contributed by atoms with Gasteiger partial charge in [0, 0.05) is 24.8 Å². The van der Waals surface area contributed by atoms with Crippen molar-refractivity contribution >= 4 is 21.5 Å². The van der Waals surface area contributed by atoms with Gasteiger partial charge in [-0.3, -0.25) is 0 Å². The van der Waals surface area contributed by atoms with E-state index >= 15 is 0 Å². The average molecular weight is 543 g/mol. The molecule has 1 N–H and O–H groups in total. The van der Waals surface area contributed by atoms with Crippen molar-refractivity contribution in [2.75, 3.05) is 35.0 Å². The van der Waals surface area contributed by atoms with Crippen LogP contribution in [0.2, 0.25) is 0 Å². The second-order valence-electron chi connectivity index (χ2n) is 12.2. The molecule has 5 heteroatoms. The van der Waals surface area contributed by atoms with E-state index in [9.17, 15) is 0 Å². The summed E-state index contributed by atoms with van der Waals surface area (Å²) in [6.45, 7) is 11.2. The van der Waals surface area contributed by atoms with Crippen LogP contribution in [-0.2, 0) is 18.4 Å². The zero-order chi connectivity index (χ0) is 28.6. The molecule has 4 aromatic carbocycles. The van der Waals surface area contributed by atoms with Gasteiger partial charge in [0.2, 0.25) is 0 Å². The fraction of sp³-hybridized carbons (Fsp3) is 0.429. The monoisotopic (exact) mass is 542 g/mol. The van der Waals surface area contributed by atoms with Crippen molar-refractivity contribution in [3.8, 4) is 23.0 Å². The average Bonchev–Trinajstić information content (AvgIpc) is 3.42. The van der Waals surface area contributed by atoms with Crippen LogP contribution in [0.25, 0.3) is 21.5 Å². The normalized spacial score (nSPS) is 18.0. The number of methoxy groups -OCH3 is 4. The molecular formula is C35H44NO4+. The summed E-state index contributed by atoms with van der Waals surface area (Å²) < 4.78 is 22.5. The van der Waals surface area contributed by atoms with Crippen molar-refractivity contribution in [1.82, 2.24) is 0 Å². The molecule has 4 aromatic rings. The molecule has 2 unspecified atom stereocenters. The minimum atomic E-state index is 0.285. The number of hydrogen-bond acceptors (Lipinski definition) is 4. The number of ether oxygens (including phenoxy) is 4. The first-order valence-corrected chi connectivity index (χ1v) is 14.3. The lowest BCUT2D eigenvalue weighted by molar-refractivity contribution is -0.927. The van der Waals surface area contributed by atoms with Gasteiger partial charge in [0.25, 0.3) is 0 Å². The minimum Gasteiger partial charge on any atom is -0.493 e. The summed E-state index contributed by atoms with van der Waals surface area (Å²) in [5.74, 6) is 3.06. The largest absolute Gasteiger partial charge is 0.493 e. The molecule has 0 bridgehead atoms. The third-order valence-electron chi connectivity index (χ3n) is 8.75. The molecule has 212 valence electrons. The molecule has 1 saturated heterocycles. The van der Waals surface area contributed by atoms with Gasteiger partial charge in [0.05, 0.1) is 41.0 Å². The van der Waals surface area contributed by atoms with E-state index in [-0.39, 0.29) is 5.41 Å². The summed E-state index contributed by atoms with van der Waals surface area (Å²) in [6, 6.07) is 18.0. The molecule has 0 aliphatic carbocycles. The topological polar surface area (TPSA) is 41.4 Å².